The van der Waals surface area contributed by atoms with Crippen LogP contribution in [0.25, 0.3) is 0 Å². The van der Waals surface area contributed by atoms with E-state index in [4.69, 9.17) is 4.74 Å². The van der Waals surface area contributed by atoms with Crippen LogP contribution in [0.2, 0.25) is 0 Å². The molecule has 1 aliphatic rings. The van der Waals surface area contributed by atoms with Crippen LogP contribution in [0.15, 0.2) is 66.1 Å². The summed E-state index contributed by atoms with van der Waals surface area (Å²) in [5.41, 5.74) is 2.41. The number of allylic oxidation sites excluding steroid dienone is 1. The van der Waals surface area contributed by atoms with Crippen LogP contribution in [0.1, 0.15) is 18.5 Å². The van der Waals surface area contributed by atoms with Gasteiger partial charge in [0.15, 0.2) is 0 Å². The van der Waals surface area contributed by atoms with Crippen LogP contribution in [0.5, 0.6) is 11.5 Å². The largest absolute Gasteiger partial charge is 0.508 e. The molecule has 8 heteroatoms. The molecule has 0 bridgehead atoms. The lowest BCUT2D eigenvalue weighted by Crippen LogP contribution is -2.31. The van der Waals surface area contributed by atoms with Gasteiger partial charge in [-0.1, -0.05) is 24.3 Å². The van der Waals surface area contributed by atoms with Crippen molar-refractivity contribution in [3.8, 4) is 11.5 Å². The highest BCUT2D eigenvalue weighted by molar-refractivity contribution is 6.06. The van der Waals surface area contributed by atoms with Crippen molar-refractivity contribution >= 4 is 17.5 Å². The quantitative estimate of drug-likeness (QED) is 0.646. The summed E-state index contributed by atoms with van der Waals surface area (Å²) >= 11 is 0. The number of hydrogen-bond acceptors (Lipinski definition) is 6. The third kappa shape index (κ3) is 3.05. The number of hydrogen-bond donors (Lipinski definition) is 3. The summed E-state index contributed by atoms with van der Waals surface area (Å²) in [4.78, 5) is 17.5. The van der Waals surface area contributed by atoms with Gasteiger partial charge in [0.1, 0.15) is 23.9 Å². The molecule has 0 saturated heterocycles. The van der Waals surface area contributed by atoms with E-state index in [0.717, 1.165) is 5.56 Å². The molecule has 8 nitrogen and oxygen atoms in total. The van der Waals surface area contributed by atoms with Crippen LogP contribution < -0.4 is 15.4 Å². The number of aromatic hydroxyl groups is 1. The molecule has 2 heterocycles. The molecular weight excluding hydrogens is 358 g/mol. The first-order valence-corrected chi connectivity index (χ1v) is 8.69. The van der Waals surface area contributed by atoms with Gasteiger partial charge in [0, 0.05) is 5.70 Å². The van der Waals surface area contributed by atoms with Gasteiger partial charge in [0.2, 0.25) is 5.95 Å². The van der Waals surface area contributed by atoms with Gasteiger partial charge in [0.05, 0.1) is 18.4 Å². The van der Waals surface area contributed by atoms with Crippen molar-refractivity contribution in [3.63, 3.8) is 0 Å². The summed E-state index contributed by atoms with van der Waals surface area (Å²) in [5.74, 6) is 0.900. The number of methoxy groups -OCH3 is 1. The molecule has 3 N–H and O–H groups in total. The van der Waals surface area contributed by atoms with Gasteiger partial charge >= 0.3 is 0 Å². The molecule has 1 unspecified atom stereocenters. The van der Waals surface area contributed by atoms with Crippen molar-refractivity contribution < 1.29 is 14.6 Å². The minimum Gasteiger partial charge on any atom is -0.508 e. The molecule has 28 heavy (non-hydrogen) atoms. The summed E-state index contributed by atoms with van der Waals surface area (Å²) in [6, 6.07) is 13.4. The Morgan fingerprint density at radius 2 is 2.07 bits per heavy atom. The summed E-state index contributed by atoms with van der Waals surface area (Å²) in [7, 11) is 1.55. The van der Waals surface area contributed by atoms with Crippen LogP contribution in [-0.4, -0.2) is 32.9 Å². The molecule has 4 rings (SSSR count). The van der Waals surface area contributed by atoms with Crippen molar-refractivity contribution in [3.05, 3.63) is 71.7 Å². The number of fused-ring (bicyclic) bond motifs is 1. The van der Waals surface area contributed by atoms with E-state index in [1.54, 1.807) is 42.1 Å². The Morgan fingerprint density at radius 1 is 1.25 bits per heavy atom. The fraction of sp³-hybridized carbons (Fsp3) is 0.150. The highest BCUT2D eigenvalue weighted by Gasteiger charge is 2.33. The summed E-state index contributed by atoms with van der Waals surface area (Å²) < 4.78 is 6.95. The van der Waals surface area contributed by atoms with E-state index in [1.807, 2.05) is 25.1 Å². The number of carbonyl (C=O) groups excluding carboxylic acids is 1. The summed E-state index contributed by atoms with van der Waals surface area (Å²) in [6.07, 6.45) is 1.42. The van der Waals surface area contributed by atoms with Gasteiger partial charge in [-0.05, 0) is 36.8 Å². The van der Waals surface area contributed by atoms with Gasteiger partial charge in [-0.25, -0.2) is 4.68 Å². The molecular formula is C20H19N5O3. The van der Waals surface area contributed by atoms with Crippen molar-refractivity contribution in [1.29, 1.82) is 0 Å². The Balaban J connectivity index is 1.77. The number of nitrogens with zero attached hydrogens (tertiary/aromatic N) is 3. The van der Waals surface area contributed by atoms with Crippen LogP contribution in [0.3, 0.4) is 0 Å². The maximum Gasteiger partial charge on any atom is 0.255 e. The Kier molecular flexibility index (Phi) is 4.44. The predicted molar refractivity (Wildman–Crippen MR) is 104 cm³/mol. The Bertz CT molecular complexity index is 1070. The molecule has 0 fully saturated rings. The zero-order valence-electron chi connectivity index (χ0n) is 15.4. The van der Waals surface area contributed by atoms with E-state index in [1.165, 1.54) is 6.33 Å². The van der Waals surface area contributed by atoms with Gasteiger partial charge in [-0.2, -0.15) is 10.1 Å². The van der Waals surface area contributed by atoms with Gasteiger partial charge < -0.3 is 20.5 Å². The summed E-state index contributed by atoms with van der Waals surface area (Å²) in [5, 5.41) is 20.2. The monoisotopic (exact) mass is 377 g/mol. The fourth-order valence-electron chi connectivity index (χ4n) is 3.33. The summed E-state index contributed by atoms with van der Waals surface area (Å²) in [6.45, 7) is 1.81. The van der Waals surface area contributed by atoms with E-state index in [-0.39, 0.29) is 11.7 Å². The Hall–Kier alpha value is -3.81. The predicted octanol–water partition coefficient (Wildman–Crippen LogP) is 2.92. The first-order valence-electron chi connectivity index (χ1n) is 8.69. The number of para-hydroxylation sites is 2. The number of aromatic nitrogens is 3. The van der Waals surface area contributed by atoms with E-state index in [2.05, 4.69) is 20.7 Å². The Morgan fingerprint density at radius 3 is 2.86 bits per heavy atom. The molecule has 1 aliphatic heterocycles. The van der Waals surface area contributed by atoms with E-state index < -0.39 is 6.04 Å². The second-order valence-electron chi connectivity index (χ2n) is 6.34. The zero-order valence-corrected chi connectivity index (χ0v) is 15.4. The minimum absolute atomic E-state index is 0.111. The number of benzene rings is 2. The van der Waals surface area contributed by atoms with Gasteiger partial charge in [0.25, 0.3) is 5.91 Å². The molecule has 2 aromatic carbocycles. The highest BCUT2D eigenvalue weighted by Crippen LogP contribution is 2.36. The van der Waals surface area contributed by atoms with Crippen molar-refractivity contribution in [2.75, 3.05) is 17.7 Å². The lowest BCUT2D eigenvalue weighted by atomic mass is 9.95. The first kappa shape index (κ1) is 17.6. The average Bonchev–Trinajstić information content (AvgIpc) is 3.15. The number of amides is 1. The first-order chi connectivity index (χ1) is 13.6. The van der Waals surface area contributed by atoms with Crippen LogP contribution in [-0.2, 0) is 4.79 Å². The van der Waals surface area contributed by atoms with Crippen LogP contribution in [0, 0.1) is 0 Å². The van der Waals surface area contributed by atoms with Crippen molar-refractivity contribution in [2.45, 2.75) is 13.0 Å². The topological polar surface area (TPSA) is 101 Å². The van der Waals surface area contributed by atoms with E-state index in [9.17, 15) is 9.90 Å². The number of ether oxygens (including phenoxy) is 1. The maximum absolute atomic E-state index is 13.3. The van der Waals surface area contributed by atoms with Crippen LogP contribution in [0.4, 0.5) is 11.6 Å². The molecule has 1 aromatic heterocycles. The maximum atomic E-state index is 13.3. The molecule has 1 atom stereocenters. The smallest absolute Gasteiger partial charge is 0.255 e. The normalized spacial score (nSPS) is 15.6. The highest BCUT2D eigenvalue weighted by atomic mass is 16.5. The van der Waals surface area contributed by atoms with E-state index >= 15 is 0 Å². The van der Waals surface area contributed by atoms with Gasteiger partial charge in [-0.15, -0.1) is 0 Å². The lowest BCUT2D eigenvalue weighted by Gasteiger charge is -2.29. The SMILES string of the molecule is COc1ccccc1NC(=O)C1=C(C)Nc2ncnn2C1c1cccc(O)c1. The molecule has 1 amide bonds. The van der Waals surface area contributed by atoms with Crippen LogP contribution >= 0.6 is 0 Å². The molecule has 0 radical (unpaired) electrons. The average molecular weight is 377 g/mol. The molecule has 0 spiro atoms. The molecule has 0 aliphatic carbocycles. The number of phenols is 1. The number of rotatable bonds is 4. The second kappa shape index (κ2) is 7.07. The minimum atomic E-state index is -0.541. The van der Waals surface area contributed by atoms with E-state index in [0.29, 0.717) is 28.7 Å². The van der Waals surface area contributed by atoms with Crippen molar-refractivity contribution in [2.24, 2.45) is 0 Å². The molecule has 142 valence electrons. The molecule has 0 saturated carbocycles. The Labute approximate surface area is 161 Å². The fourth-order valence-corrected chi connectivity index (χ4v) is 3.33. The third-order valence-electron chi connectivity index (χ3n) is 4.58. The zero-order chi connectivity index (χ0) is 19.7. The third-order valence-corrected chi connectivity index (χ3v) is 4.58. The number of phenolic OH excluding ortho intramolecular Hbond substituents is 1. The lowest BCUT2D eigenvalue weighted by molar-refractivity contribution is -0.113. The second-order valence-corrected chi connectivity index (χ2v) is 6.34. The van der Waals surface area contributed by atoms with Gasteiger partial charge in [-0.3, -0.25) is 4.79 Å². The number of nitrogens with one attached hydrogen (secondary N) is 2. The van der Waals surface area contributed by atoms with Crippen molar-refractivity contribution in [1.82, 2.24) is 14.8 Å². The number of carbonyl (C=O) groups is 1. The molecule has 3 aromatic rings. The standard InChI is InChI=1S/C20H19N5O3/c1-12-17(19(27)24-15-8-3-4-9-16(15)28-2)18(13-6-5-7-14(26)10-13)25-20(23-12)21-11-22-25/h3-11,18,26H,1-2H3,(H,24,27)(H,21,22,23). The number of anilines is 2.